The fourth-order valence-electron chi connectivity index (χ4n) is 4.78. The highest BCUT2D eigenvalue weighted by atomic mass is 79.9. The summed E-state index contributed by atoms with van der Waals surface area (Å²) >= 11 is 4.99. The van der Waals surface area contributed by atoms with E-state index in [1.54, 1.807) is 10.9 Å². The van der Waals surface area contributed by atoms with Crippen LogP contribution in [0, 0.1) is 6.92 Å². The molecule has 1 aromatic carbocycles. The first-order valence-corrected chi connectivity index (χ1v) is 18.6. The molecule has 202 valence electrons. The maximum atomic E-state index is 12.5. The number of sulfone groups is 1. The van der Waals surface area contributed by atoms with Gasteiger partial charge < -0.3 is 9.88 Å². The van der Waals surface area contributed by atoms with E-state index in [2.05, 4.69) is 41.5 Å². The lowest BCUT2D eigenvalue weighted by molar-refractivity contribution is 0.571. The maximum absolute atomic E-state index is 12.5. The third-order valence-corrected chi connectivity index (χ3v) is 11.5. The normalized spacial score (nSPS) is 18.3. The fraction of sp³-hybridized carbons (Fsp3) is 0.458. The van der Waals surface area contributed by atoms with Crippen LogP contribution < -0.4 is 5.32 Å². The fourth-order valence-corrected chi connectivity index (χ4v) is 8.10. The highest BCUT2D eigenvalue weighted by molar-refractivity contribution is 9.10. The summed E-state index contributed by atoms with van der Waals surface area (Å²) in [5.41, 5.74) is 3.29. The quantitative estimate of drug-likeness (QED) is 0.266. The topological polar surface area (TPSA) is 133 Å². The molecule has 14 heteroatoms. The Balaban J connectivity index is 1.50. The monoisotopic (exact) mass is 637 g/mol. The molecule has 1 N–H and O–H groups in total. The second-order valence-corrected chi connectivity index (χ2v) is 18.0. The molecule has 5 rings (SSSR count). The minimum atomic E-state index is -3.16. The number of hydrogen-bond acceptors (Lipinski definition) is 10. The van der Waals surface area contributed by atoms with Crippen LogP contribution in [-0.4, -0.2) is 75.4 Å². The molecule has 1 aliphatic rings. The molecule has 1 aliphatic carbocycles. The van der Waals surface area contributed by atoms with E-state index < -0.39 is 17.0 Å². The van der Waals surface area contributed by atoms with E-state index in [0.717, 1.165) is 51.5 Å². The Labute approximate surface area is 234 Å². The molecule has 38 heavy (non-hydrogen) atoms. The van der Waals surface area contributed by atoms with E-state index in [4.69, 9.17) is 4.98 Å². The smallest absolute Gasteiger partial charge is 0.224 e. The van der Waals surface area contributed by atoms with E-state index in [1.165, 1.54) is 17.6 Å². The number of halogens is 1. The second kappa shape index (κ2) is 10.4. The van der Waals surface area contributed by atoms with Crippen LogP contribution in [-0.2, 0) is 20.8 Å². The Hall–Kier alpha value is -2.21. The molecule has 0 bridgehead atoms. The Kier molecular flexibility index (Phi) is 7.49. The molecule has 10 nitrogen and oxygen atoms in total. The minimum absolute atomic E-state index is 0.0197. The molecule has 2 atom stereocenters. The van der Waals surface area contributed by atoms with Crippen LogP contribution in [0.2, 0.25) is 0 Å². The van der Waals surface area contributed by atoms with Crippen molar-refractivity contribution in [2.24, 2.45) is 0 Å². The van der Waals surface area contributed by atoms with Gasteiger partial charge in [-0.25, -0.2) is 18.1 Å². The summed E-state index contributed by atoms with van der Waals surface area (Å²) in [6, 6.07) is 5.96. The van der Waals surface area contributed by atoms with Crippen LogP contribution in [0.3, 0.4) is 0 Å². The number of nitrogens with zero attached hydrogens (tertiary/aromatic N) is 6. The van der Waals surface area contributed by atoms with E-state index in [0.29, 0.717) is 22.6 Å². The average molecular weight is 639 g/mol. The number of hydrogen-bond donors (Lipinski definition) is 1. The Bertz CT molecular complexity index is 1660. The Morgan fingerprint density at radius 1 is 1.24 bits per heavy atom. The van der Waals surface area contributed by atoms with Crippen LogP contribution in [0.4, 0.5) is 5.95 Å². The third kappa shape index (κ3) is 6.00. The van der Waals surface area contributed by atoms with Crippen molar-refractivity contribution in [3.63, 3.8) is 0 Å². The Morgan fingerprint density at radius 3 is 2.68 bits per heavy atom. The predicted octanol–water partition coefficient (Wildman–Crippen LogP) is 4.95. The van der Waals surface area contributed by atoms with Crippen molar-refractivity contribution >= 4 is 61.2 Å². The zero-order valence-electron chi connectivity index (χ0n) is 21.5. The van der Waals surface area contributed by atoms with Gasteiger partial charge in [-0.15, -0.1) is 10.2 Å². The first kappa shape index (κ1) is 27.4. The van der Waals surface area contributed by atoms with Gasteiger partial charge in [0.05, 0.1) is 24.0 Å². The van der Waals surface area contributed by atoms with Crippen LogP contribution in [0.15, 0.2) is 29.0 Å². The van der Waals surface area contributed by atoms with Gasteiger partial charge in [0.25, 0.3) is 0 Å². The molecular formula is C24H29BrN7O3PS2. The number of aromatic nitrogens is 6. The number of anilines is 1. The summed E-state index contributed by atoms with van der Waals surface area (Å²) in [6.45, 7) is 5.61. The molecule has 3 heterocycles. The van der Waals surface area contributed by atoms with Gasteiger partial charge in [-0.3, -0.25) is 0 Å². The van der Waals surface area contributed by atoms with Gasteiger partial charge in [-0.2, -0.15) is 10.1 Å². The average Bonchev–Trinajstić information content (AvgIpc) is 3.56. The summed E-state index contributed by atoms with van der Waals surface area (Å²) in [4.78, 5) is 9.29. The van der Waals surface area contributed by atoms with Crippen molar-refractivity contribution in [2.45, 2.75) is 44.3 Å². The Morgan fingerprint density at radius 2 is 2.03 bits per heavy atom. The number of rotatable bonds is 8. The SMILES string of the molecule is Cc1nnc(-c2ccc(-n3nc(Br)c4cnc(N[C@@H]5CC[C@@H](P(C)(C)=O)C5)nc43)cc2CCS(C)(=O)=O)s1. The highest BCUT2D eigenvalue weighted by Crippen LogP contribution is 2.50. The van der Waals surface area contributed by atoms with Crippen molar-refractivity contribution in [3.8, 4) is 16.3 Å². The van der Waals surface area contributed by atoms with Gasteiger partial charge in [-0.1, -0.05) is 11.3 Å². The van der Waals surface area contributed by atoms with E-state index in [-0.39, 0.29) is 17.5 Å². The van der Waals surface area contributed by atoms with Crippen molar-refractivity contribution in [1.82, 2.24) is 29.9 Å². The molecule has 0 unspecified atom stereocenters. The largest absolute Gasteiger partial charge is 0.351 e. The van der Waals surface area contributed by atoms with Gasteiger partial charge in [-0.05, 0) is 85.6 Å². The van der Waals surface area contributed by atoms with Gasteiger partial charge in [0.15, 0.2) is 5.65 Å². The van der Waals surface area contributed by atoms with Crippen LogP contribution >= 0.6 is 34.4 Å². The number of fused-ring (bicyclic) bond motifs is 1. The highest BCUT2D eigenvalue weighted by Gasteiger charge is 2.33. The molecule has 4 aromatic rings. The summed E-state index contributed by atoms with van der Waals surface area (Å²) in [5, 5.41) is 18.8. The number of benzene rings is 1. The lowest BCUT2D eigenvalue weighted by Crippen LogP contribution is -2.18. The van der Waals surface area contributed by atoms with Gasteiger partial charge in [0.1, 0.15) is 24.5 Å². The lowest BCUT2D eigenvalue weighted by atomic mass is 10.0. The van der Waals surface area contributed by atoms with Crippen molar-refractivity contribution in [2.75, 3.05) is 30.7 Å². The summed E-state index contributed by atoms with van der Waals surface area (Å²) in [5.74, 6) is 0.517. The predicted molar refractivity (Wildman–Crippen MR) is 156 cm³/mol. The first-order chi connectivity index (χ1) is 17.9. The van der Waals surface area contributed by atoms with Crippen molar-refractivity contribution < 1.29 is 13.0 Å². The van der Waals surface area contributed by atoms with Gasteiger partial charge >= 0.3 is 0 Å². The van der Waals surface area contributed by atoms with Crippen LogP contribution in [0.1, 0.15) is 29.8 Å². The van der Waals surface area contributed by atoms with Gasteiger partial charge in [0.2, 0.25) is 5.95 Å². The molecule has 1 fully saturated rings. The van der Waals surface area contributed by atoms with Gasteiger partial charge in [0, 0.05) is 29.7 Å². The molecular weight excluding hydrogens is 609 g/mol. The first-order valence-electron chi connectivity index (χ1n) is 12.2. The molecule has 0 aliphatic heterocycles. The lowest BCUT2D eigenvalue weighted by Gasteiger charge is -2.16. The number of nitrogens with one attached hydrogen (secondary N) is 1. The van der Waals surface area contributed by atoms with E-state index in [1.807, 2.05) is 38.5 Å². The molecule has 3 aromatic heterocycles. The van der Waals surface area contributed by atoms with Crippen LogP contribution in [0.25, 0.3) is 27.3 Å². The van der Waals surface area contributed by atoms with E-state index in [9.17, 15) is 13.0 Å². The molecule has 0 amide bonds. The molecule has 1 saturated carbocycles. The maximum Gasteiger partial charge on any atom is 0.224 e. The molecule has 0 saturated heterocycles. The summed E-state index contributed by atoms with van der Waals surface area (Å²) in [7, 11) is -5.30. The minimum Gasteiger partial charge on any atom is -0.351 e. The van der Waals surface area contributed by atoms with Crippen molar-refractivity contribution in [1.29, 1.82) is 0 Å². The third-order valence-electron chi connectivity index (χ3n) is 6.83. The van der Waals surface area contributed by atoms with E-state index >= 15 is 0 Å². The number of aryl methyl sites for hydroxylation is 2. The standard InChI is InChI=1S/C24H29BrN7O3PS2/c1-14-29-30-23(37-14)19-8-6-17(11-15(19)9-10-38(4,34)35)32-22-20(21(25)31-32)13-26-24(28-22)27-16-5-7-18(12-16)36(2,3)33/h6,8,11,13,16,18H,5,7,9-10,12H2,1-4H3,(H,26,27,28)/t16-,18-/m1/s1. The summed E-state index contributed by atoms with van der Waals surface area (Å²) < 4.78 is 38.8. The summed E-state index contributed by atoms with van der Waals surface area (Å²) in [6.07, 6.45) is 6.01. The van der Waals surface area contributed by atoms with Crippen LogP contribution in [0.5, 0.6) is 0 Å². The zero-order chi connectivity index (χ0) is 27.2. The zero-order valence-corrected chi connectivity index (χ0v) is 25.7. The van der Waals surface area contributed by atoms with Crippen molar-refractivity contribution in [3.05, 3.63) is 39.6 Å². The second-order valence-electron chi connectivity index (χ2n) is 10.2. The molecule has 0 radical (unpaired) electrons. The molecule has 0 spiro atoms.